The van der Waals surface area contributed by atoms with Crippen LogP contribution in [-0.4, -0.2) is 21.4 Å². The van der Waals surface area contributed by atoms with Crippen LogP contribution in [0.5, 0.6) is 0 Å². The first-order valence-corrected chi connectivity index (χ1v) is 6.72. The first-order chi connectivity index (χ1) is 9.79. The maximum absolute atomic E-state index is 13.4. The van der Waals surface area contributed by atoms with Gasteiger partial charge in [0, 0.05) is 12.5 Å². The number of benzene rings is 1. The van der Waals surface area contributed by atoms with Gasteiger partial charge in [0.15, 0.2) is 23.3 Å². The van der Waals surface area contributed by atoms with Crippen molar-refractivity contribution in [2.45, 2.75) is 11.7 Å². The number of thioether (sulfide) groups is 1. The first-order valence-electron chi connectivity index (χ1n) is 5.44. The van der Waals surface area contributed by atoms with Crippen molar-refractivity contribution in [1.29, 1.82) is 0 Å². The molecule has 112 valence electrons. The number of carbonyl (C=O) groups excluding carboxylic acids is 2. The highest BCUT2D eigenvalue weighted by atomic mass is 32.2. The molecule has 1 aliphatic rings. The lowest BCUT2D eigenvalue weighted by atomic mass is 10.2. The lowest BCUT2D eigenvalue weighted by Crippen LogP contribution is -2.28. The van der Waals surface area contributed by atoms with E-state index in [4.69, 9.17) is 12.2 Å². The van der Waals surface area contributed by atoms with Crippen LogP contribution in [0.4, 0.5) is 23.2 Å². The van der Waals surface area contributed by atoms with E-state index in [0.717, 1.165) is 11.8 Å². The third-order valence-electron chi connectivity index (χ3n) is 2.51. The minimum Gasteiger partial charge on any atom is -0.321 e. The maximum atomic E-state index is 13.4. The molecule has 0 spiro atoms. The van der Waals surface area contributed by atoms with Gasteiger partial charge < -0.3 is 10.6 Å². The maximum Gasteiger partial charge on any atom is 0.239 e. The standard InChI is InChI=1S/C11H6F4N2O2S2/c12-3-1-4(13)8(15)9(7(3)14)16-6(18)2-5-10(19)17-11(20)21-5/h1,5H,2H2,(H,16,18)(H,17,19,20)/t5-/m1/s1. The van der Waals surface area contributed by atoms with E-state index in [-0.39, 0.29) is 10.4 Å². The molecule has 21 heavy (non-hydrogen) atoms. The summed E-state index contributed by atoms with van der Waals surface area (Å²) < 4.78 is 52.8. The molecule has 0 bridgehead atoms. The molecule has 0 unspecified atom stereocenters. The Morgan fingerprint density at radius 1 is 1.29 bits per heavy atom. The number of rotatable bonds is 3. The zero-order chi connectivity index (χ0) is 15.7. The SMILES string of the molecule is O=C(C[C@H]1SC(=S)NC1=O)Nc1c(F)c(F)cc(F)c1F. The molecule has 1 saturated heterocycles. The summed E-state index contributed by atoms with van der Waals surface area (Å²) in [5, 5.41) is 3.14. The van der Waals surface area contributed by atoms with E-state index in [1.165, 1.54) is 0 Å². The second kappa shape index (κ2) is 5.98. The Labute approximate surface area is 125 Å². The van der Waals surface area contributed by atoms with E-state index < -0.39 is 52.4 Å². The smallest absolute Gasteiger partial charge is 0.239 e. The van der Waals surface area contributed by atoms with Gasteiger partial charge in [0.25, 0.3) is 0 Å². The first kappa shape index (κ1) is 15.7. The number of carbonyl (C=O) groups is 2. The van der Waals surface area contributed by atoms with Gasteiger partial charge in [-0.1, -0.05) is 24.0 Å². The number of hydrogen-bond donors (Lipinski definition) is 2. The van der Waals surface area contributed by atoms with Crippen LogP contribution in [-0.2, 0) is 9.59 Å². The van der Waals surface area contributed by atoms with E-state index >= 15 is 0 Å². The molecule has 1 aromatic carbocycles. The third-order valence-corrected chi connectivity index (χ3v) is 3.89. The Balaban J connectivity index is 2.14. The van der Waals surface area contributed by atoms with Crippen LogP contribution in [0.1, 0.15) is 6.42 Å². The van der Waals surface area contributed by atoms with Crippen LogP contribution >= 0.6 is 24.0 Å². The Kier molecular flexibility index (Phi) is 4.47. The molecule has 1 heterocycles. The topological polar surface area (TPSA) is 58.2 Å². The third kappa shape index (κ3) is 3.32. The van der Waals surface area contributed by atoms with Gasteiger partial charge >= 0.3 is 0 Å². The van der Waals surface area contributed by atoms with Crippen LogP contribution < -0.4 is 10.6 Å². The second-order valence-electron chi connectivity index (χ2n) is 3.98. The number of nitrogens with one attached hydrogen (secondary N) is 2. The van der Waals surface area contributed by atoms with E-state index in [1.54, 1.807) is 5.32 Å². The van der Waals surface area contributed by atoms with Crippen LogP contribution in [0.15, 0.2) is 6.07 Å². The van der Waals surface area contributed by atoms with E-state index in [0.29, 0.717) is 0 Å². The largest absolute Gasteiger partial charge is 0.321 e. The summed E-state index contributed by atoms with van der Waals surface area (Å²) in [5.74, 6) is -8.22. The van der Waals surface area contributed by atoms with Gasteiger partial charge in [-0.25, -0.2) is 17.6 Å². The lowest BCUT2D eigenvalue weighted by molar-refractivity contribution is -0.122. The molecule has 0 saturated carbocycles. The van der Waals surface area contributed by atoms with E-state index in [9.17, 15) is 27.2 Å². The molecule has 2 amide bonds. The molecular weight excluding hydrogens is 332 g/mol. The van der Waals surface area contributed by atoms with Gasteiger partial charge in [-0.15, -0.1) is 0 Å². The van der Waals surface area contributed by atoms with Gasteiger partial charge in [-0.3, -0.25) is 9.59 Å². The summed E-state index contributed by atoms with van der Waals surface area (Å²) in [7, 11) is 0. The Morgan fingerprint density at radius 2 is 1.86 bits per heavy atom. The molecule has 2 rings (SSSR count). The molecule has 0 radical (unpaired) electrons. The average molecular weight is 338 g/mol. The van der Waals surface area contributed by atoms with Crippen molar-refractivity contribution in [1.82, 2.24) is 5.32 Å². The van der Waals surface area contributed by atoms with Gasteiger partial charge in [-0.05, 0) is 0 Å². The molecule has 1 aliphatic heterocycles. The minimum absolute atomic E-state index is 0.0268. The van der Waals surface area contributed by atoms with E-state index in [1.807, 2.05) is 0 Å². The van der Waals surface area contributed by atoms with Crippen LogP contribution in [0.3, 0.4) is 0 Å². The average Bonchev–Trinajstić information content (AvgIpc) is 2.70. The fraction of sp³-hybridized carbons (Fsp3) is 0.182. The summed E-state index contributed by atoms with van der Waals surface area (Å²) in [4.78, 5) is 23.0. The van der Waals surface area contributed by atoms with Gasteiger partial charge in [0.2, 0.25) is 11.8 Å². The van der Waals surface area contributed by atoms with Crippen molar-refractivity contribution in [3.05, 3.63) is 29.3 Å². The quantitative estimate of drug-likeness (QED) is 0.503. The predicted molar refractivity (Wildman–Crippen MR) is 71.6 cm³/mol. The number of halogens is 4. The Morgan fingerprint density at radius 3 is 2.33 bits per heavy atom. The van der Waals surface area contributed by atoms with Gasteiger partial charge in [-0.2, -0.15) is 0 Å². The van der Waals surface area contributed by atoms with Crippen molar-refractivity contribution in [3.63, 3.8) is 0 Å². The van der Waals surface area contributed by atoms with Crippen LogP contribution in [0, 0.1) is 23.3 Å². The molecule has 10 heteroatoms. The van der Waals surface area contributed by atoms with Gasteiger partial charge in [0.05, 0.1) is 5.25 Å². The predicted octanol–water partition coefficient (Wildman–Crippen LogP) is 2.09. The van der Waals surface area contributed by atoms with E-state index in [2.05, 4.69) is 5.32 Å². The van der Waals surface area contributed by atoms with Crippen molar-refractivity contribution >= 4 is 45.8 Å². The fourth-order valence-electron chi connectivity index (χ4n) is 1.57. The zero-order valence-electron chi connectivity index (χ0n) is 10.0. The second-order valence-corrected chi connectivity index (χ2v) is 5.86. The molecule has 2 N–H and O–H groups in total. The number of amides is 2. The van der Waals surface area contributed by atoms with Crippen LogP contribution in [0.2, 0.25) is 0 Å². The normalized spacial score (nSPS) is 17.8. The van der Waals surface area contributed by atoms with Crippen molar-refractivity contribution < 1.29 is 27.2 Å². The molecule has 1 atom stereocenters. The van der Waals surface area contributed by atoms with Crippen LogP contribution in [0.25, 0.3) is 0 Å². The zero-order valence-corrected chi connectivity index (χ0v) is 11.6. The molecule has 0 aromatic heterocycles. The highest BCUT2D eigenvalue weighted by Crippen LogP contribution is 2.26. The lowest BCUT2D eigenvalue weighted by Gasteiger charge is -2.10. The summed E-state index contributed by atoms with van der Waals surface area (Å²) in [6.07, 6.45) is -0.451. The highest BCUT2D eigenvalue weighted by molar-refractivity contribution is 8.24. The monoisotopic (exact) mass is 338 g/mol. The van der Waals surface area contributed by atoms with Crippen molar-refractivity contribution in [2.75, 3.05) is 5.32 Å². The summed E-state index contributed by atoms with van der Waals surface area (Å²) >= 11 is 5.61. The Hall–Kier alpha value is -1.68. The minimum atomic E-state index is -1.72. The molecule has 4 nitrogen and oxygen atoms in total. The fourth-order valence-corrected chi connectivity index (χ4v) is 2.84. The molecular formula is C11H6F4N2O2S2. The number of anilines is 1. The molecule has 1 aromatic rings. The molecule has 1 fully saturated rings. The number of thiocarbonyl (C=S) groups is 1. The van der Waals surface area contributed by atoms with Gasteiger partial charge in [0.1, 0.15) is 10.0 Å². The van der Waals surface area contributed by atoms with Crippen molar-refractivity contribution in [3.8, 4) is 0 Å². The summed E-state index contributed by atoms with van der Waals surface area (Å²) in [6, 6.07) is 0.0268. The Bertz CT molecular complexity index is 627. The van der Waals surface area contributed by atoms with Crippen molar-refractivity contribution in [2.24, 2.45) is 0 Å². The molecule has 0 aliphatic carbocycles. The highest BCUT2D eigenvalue weighted by Gasteiger charge is 2.31. The summed E-state index contributed by atoms with van der Waals surface area (Å²) in [6.45, 7) is 0. The summed E-state index contributed by atoms with van der Waals surface area (Å²) in [5.41, 5.74) is -1.23. The number of hydrogen-bond acceptors (Lipinski definition) is 4.